The minimum Gasteiger partial charge on any atom is -0.493 e. The molecule has 0 aliphatic heterocycles. The fourth-order valence-corrected chi connectivity index (χ4v) is 10.3. The number of hydrogen-bond donors (Lipinski definition) is 4. The Hall–Kier alpha value is -1.96. The van der Waals surface area contributed by atoms with Crippen molar-refractivity contribution < 1.29 is 20.1 Å². The van der Waals surface area contributed by atoms with Crippen LogP contribution >= 0.6 is 11.6 Å². The van der Waals surface area contributed by atoms with Crippen molar-refractivity contribution in [3.63, 3.8) is 0 Å². The number of amides is 1. The highest BCUT2D eigenvalue weighted by Gasteiger charge is 2.62. The van der Waals surface area contributed by atoms with E-state index >= 15 is 0 Å². The smallest absolute Gasteiger partial charge is 0.264 e. The van der Waals surface area contributed by atoms with Crippen LogP contribution in [0.2, 0.25) is 5.02 Å². The van der Waals surface area contributed by atoms with Gasteiger partial charge in [-0.1, -0.05) is 32.4 Å². The number of aromatic hydroxyl groups is 1. The summed E-state index contributed by atoms with van der Waals surface area (Å²) in [4.78, 5) is 15.6. The van der Waals surface area contributed by atoms with Crippen molar-refractivity contribution in [3.8, 4) is 5.88 Å². The number of aromatic amines is 1. The van der Waals surface area contributed by atoms with E-state index in [1.54, 1.807) is 18.2 Å². The molecule has 2 aromatic rings. The van der Waals surface area contributed by atoms with Crippen molar-refractivity contribution in [2.45, 2.75) is 97.2 Å². The van der Waals surface area contributed by atoms with Crippen LogP contribution in [0, 0.1) is 46.3 Å². The zero-order valence-electron chi connectivity index (χ0n) is 23.9. The molecule has 40 heavy (non-hydrogen) atoms. The minimum atomic E-state index is -0.285. The van der Waals surface area contributed by atoms with Gasteiger partial charge in [0.15, 0.2) is 5.69 Å². The zero-order chi connectivity index (χ0) is 28.4. The fourth-order valence-electron chi connectivity index (χ4n) is 10.1. The Labute approximate surface area is 241 Å². The molecule has 0 bridgehead atoms. The second-order valence-electron chi connectivity index (χ2n) is 14.1. The molecule has 0 radical (unpaired) electrons. The first-order valence-electron chi connectivity index (χ1n) is 15.3. The van der Waals surface area contributed by atoms with Gasteiger partial charge < -0.3 is 20.3 Å². The maximum atomic E-state index is 12.7. The van der Waals surface area contributed by atoms with Gasteiger partial charge in [-0.15, -0.1) is 10.2 Å². The summed E-state index contributed by atoms with van der Waals surface area (Å²) in [6, 6.07) is 5.18. The first-order chi connectivity index (χ1) is 19.0. The standard InChI is InChI=1S/C32H44ClN3O4/c1-17(4-9-27(39)35-36-29-21-16-19(33)5-8-25(21)34-30(29)40)22-6-7-23-28-24(11-13-32(22,23)3)31(2)12-10-20(37)14-18(31)15-26(28)38/h5,8,16-18,20,22-24,26,28,34,37-38,40H,4,6-7,9-15H2,1-3H3/t17-,18+,20-,22-,23+,24+,26+,28+,31-,32+/m0/s1. The molecule has 4 fully saturated rings. The van der Waals surface area contributed by atoms with Crippen molar-refractivity contribution in [3.05, 3.63) is 23.2 Å². The number of carbonyl (C=O) groups is 1. The Morgan fingerprint density at radius 3 is 2.65 bits per heavy atom. The lowest BCUT2D eigenvalue weighted by Gasteiger charge is -2.62. The Morgan fingerprint density at radius 1 is 1.10 bits per heavy atom. The van der Waals surface area contributed by atoms with Gasteiger partial charge in [-0.3, -0.25) is 4.79 Å². The number of azo groups is 1. The van der Waals surface area contributed by atoms with Crippen LogP contribution in [0.25, 0.3) is 10.9 Å². The van der Waals surface area contributed by atoms with Crippen molar-refractivity contribution in [2.24, 2.45) is 56.6 Å². The third kappa shape index (κ3) is 4.60. The van der Waals surface area contributed by atoms with Crippen molar-refractivity contribution >= 4 is 34.1 Å². The molecule has 0 saturated heterocycles. The summed E-state index contributed by atoms with van der Waals surface area (Å²) in [5.41, 5.74) is 1.33. The van der Waals surface area contributed by atoms with Crippen LogP contribution in [0.15, 0.2) is 28.4 Å². The second kappa shape index (κ2) is 10.4. The third-order valence-electron chi connectivity index (χ3n) is 12.2. The summed E-state index contributed by atoms with van der Waals surface area (Å²) in [5.74, 6) is 2.32. The first kappa shape index (κ1) is 28.2. The molecule has 1 aromatic carbocycles. The van der Waals surface area contributed by atoms with Gasteiger partial charge in [0.2, 0.25) is 5.88 Å². The number of benzene rings is 1. The van der Waals surface area contributed by atoms with Gasteiger partial charge in [-0.2, -0.15) is 0 Å². The van der Waals surface area contributed by atoms with Crippen LogP contribution in [0.3, 0.4) is 0 Å². The van der Waals surface area contributed by atoms with Gasteiger partial charge in [0.25, 0.3) is 5.91 Å². The predicted molar refractivity (Wildman–Crippen MR) is 156 cm³/mol. The molecule has 218 valence electrons. The van der Waals surface area contributed by atoms with Crippen molar-refractivity contribution in [1.82, 2.24) is 4.98 Å². The van der Waals surface area contributed by atoms with E-state index in [0.29, 0.717) is 57.9 Å². The van der Waals surface area contributed by atoms with Crippen molar-refractivity contribution in [1.29, 1.82) is 0 Å². The summed E-state index contributed by atoms with van der Waals surface area (Å²) in [5, 5.41) is 41.2. The molecular formula is C32H44ClN3O4. The highest BCUT2D eigenvalue weighted by Crippen LogP contribution is 2.68. The Bertz CT molecular complexity index is 1310. The van der Waals surface area contributed by atoms with Crippen LogP contribution in [-0.2, 0) is 4.79 Å². The number of H-pyrrole nitrogens is 1. The monoisotopic (exact) mass is 569 g/mol. The van der Waals surface area contributed by atoms with E-state index in [2.05, 4.69) is 36.0 Å². The van der Waals surface area contributed by atoms with E-state index < -0.39 is 0 Å². The quantitative estimate of drug-likeness (QED) is 0.278. The minimum absolute atomic E-state index is 0.128. The number of fused-ring (bicyclic) bond motifs is 6. The van der Waals surface area contributed by atoms with Gasteiger partial charge >= 0.3 is 0 Å². The van der Waals surface area contributed by atoms with Crippen LogP contribution in [0.5, 0.6) is 5.88 Å². The largest absolute Gasteiger partial charge is 0.493 e. The summed E-state index contributed by atoms with van der Waals surface area (Å²) in [6.45, 7) is 7.19. The zero-order valence-corrected chi connectivity index (χ0v) is 24.7. The molecule has 7 nitrogen and oxygen atoms in total. The number of hydrogen-bond acceptors (Lipinski definition) is 5. The Kier molecular flexibility index (Phi) is 7.32. The summed E-state index contributed by atoms with van der Waals surface area (Å²) >= 11 is 6.10. The average molecular weight is 570 g/mol. The molecule has 8 heteroatoms. The van der Waals surface area contributed by atoms with Crippen LogP contribution in [-0.4, -0.2) is 38.4 Å². The SMILES string of the molecule is C[C@@H](CCC(=O)N=Nc1c(O)[nH]c2ccc(Cl)cc12)[C@@H]1CC[C@@H]2[C@H]3[C@H](O)C[C@H]4C[C@@H](O)CC[C@]4(C)[C@@H]3CC[C@@]21C. The number of aliphatic hydroxyl groups excluding tert-OH is 2. The molecule has 4 N–H and O–H groups in total. The Morgan fingerprint density at radius 2 is 1.85 bits per heavy atom. The van der Waals surface area contributed by atoms with Crippen molar-refractivity contribution in [2.75, 3.05) is 0 Å². The average Bonchev–Trinajstić information content (AvgIpc) is 3.42. The molecule has 1 aromatic heterocycles. The molecule has 4 saturated carbocycles. The molecule has 4 aliphatic rings. The van der Waals surface area contributed by atoms with Crippen LogP contribution in [0.4, 0.5) is 5.69 Å². The third-order valence-corrected chi connectivity index (χ3v) is 12.4. The molecular weight excluding hydrogens is 526 g/mol. The number of aromatic nitrogens is 1. The van der Waals surface area contributed by atoms with Gasteiger partial charge in [0, 0.05) is 16.8 Å². The highest BCUT2D eigenvalue weighted by molar-refractivity contribution is 6.31. The van der Waals surface area contributed by atoms with Gasteiger partial charge in [0.05, 0.1) is 17.7 Å². The summed E-state index contributed by atoms with van der Waals surface area (Å²) in [6.07, 6.45) is 8.90. The maximum Gasteiger partial charge on any atom is 0.264 e. The van der Waals surface area contributed by atoms with Gasteiger partial charge in [-0.05, 0) is 122 Å². The predicted octanol–water partition coefficient (Wildman–Crippen LogP) is 7.54. The van der Waals surface area contributed by atoms with E-state index in [4.69, 9.17) is 11.6 Å². The second-order valence-corrected chi connectivity index (χ2v) is 14.5. The van der Waals surface area contributed by atoms with E-state index in [-0.39, 0.29) is 40.5 Å². The van der Waals surface area contributed by atoms with E-state index in [0.717, 1.165) is 51.4 Å². The molecule has 10 atom stereocenters. The van der Waals surface area contributed by atoms with Gasteiger partial charge in [-0.25, -0.2) is 0 Å². The van der Waals surface area contributed by atoms with Crippen LogP contribution in [0.1, 0.15) is 85.0 Å². The number of aliphatic hydroxyl groups is 2. The molecule has 6 rings (SSSR count). The number of nitrogens with one attached hydrogen (secondary N) is 1. The van der Waals surface area contributed by atoms with E-state index in [9.17, 15) is 20.1 Å². The lowest BCUT2D eigenvalue weighted by molar-refractivity contribution is -0.174. The summed E-state index contributed by atoms with van der Waals surface area (Å²) < 4.78 is 0. The summed E-state index contributed by atoms with van der Waals surface area (Å²) in [7, 11) is 0. The molecule has 4 aliphatic carbocycles. The fraction of sp³-hybridized carbons (Fsp3) is 0.719. The lowest BCUT2D eigenvalue weighted by atomic mass is 9.43. The number of nitrogens with zero attached hydrogens (tertiary/aromatic N) is 2. The van der Waals surface area contributed by atoms with Gasteiger partial charge in [0.1, 0.15) is 0 Å². The highest BCUT2D eigenvalue weighted by atomic mass is 35.5. The molecule has 0 unspecified atom stereocenters. The molecule has 1 amide bonds. The normalized spacial score (nSPS) is 40.1. The van der Waals surface area contributed by atoms with E-state index in [1.165, 1.54) is 6.42 Å². The van der Waals surface area contributed by atoms with E-state index in [1.807, 2.05) is 0 Å². The van der Waals surface area contributed by atoms with Crippen LogP contribution < -0.4 is 0 Å². The number of carbonyl (C=O) groups excluding carboxylic acids is 1. The number of rotatable bonds is 5. The Balaban J connectivity index is 1.11. The topological polar surface area (TPSA) is 118 Å². The maximum absolute atomic E-state index is 12.7. The lowest BCUT2D eigenvalue weighted by Crippen LogP contribution is -2.58. The molecule has 0 spiro atoms. The number of halogens is 1. The first-order valence-corrected chi connectivity index (χ1v) is 15.7. The molecule has 1 heterocycles.